The van der Waals surface area contributed by atoms with Gasteiger partial charge in [-0.05, 0) is 29.7 Å². The molecule has 0 N–H and O–H groups in total. The summed E-state index contributed by atoms with van der Waals surface area (Å²) in [6.45, 7) is 4.34. The molecule has 0 bridgehead atoms. The number of aromatic nitrogens is 3. The van der Waals surface area contributed by atoms with Crippen LogP contribution in [0.25, 0.3) is 11.2 Å². The number of rotatable bonds is 9. The summed E-state index contributed by atoms with van der Waals surface area (Å²) in [6, 6.07) is 7.32. The first-order valence-corrected chi connectivity index (χ1v) is 10.9. The van der Waals surface area contributed by atoms with Gasteiger partial charge in [-0.2, -0.15) is 0 Å². The third kappa shape index (κ3) is 5.18. The van der Waals surface area contributed by atoms with Crippen molar-refractivity contribution in [3.8, 4) is 0 Å². The summed E-state index contributed by atoms with van der Waals surface area (Å²) < 4.78 is 1.93. The number of unbranched alkanes of at least 4 members (excludes halogenated alkanes) is 2. The number of benzene rings is 1. The van der Waals surface area contributed by atoms with Crippen molar-refractivity contribution in [2.75, 3.05) is 0 Å². The molecular formula is C23H27Cl2N3O. The summed E-state index contributed by atoms with van der Waals surface area (Å²) >= 11 is 12.6. The van der Waals surface area contributed by atoms with Crippen molar-refractivity contribution < 1.29 is 4.79 Å². The Morgan fingerprint density at radius 2 is 1.93 bits per heavy atom. The number of ketones is 1. The third-order valence-electron chi connectivity index (χ3n) is 5.35. The Morgan fingerprint density at radius 3 is 2.62 bits per heavy atom. The summed E-state index contributed by atoms with van der Waals surface area (Å²) in [6.07, 6.45) is 7.39. The second-order valence-corrected chi connectivity index (χ2v) is 8.57. The predicted molar refractivity (Wildman–Crippen MR) is 120 cm³/mol. The number of hydrogen-bond donors (Lipinski definition) is 0. The van der Waals surface area contributed by atoms with Crippen LogP contribution in [0.1, 0.15) is 67.7 Å². The van der Waals surface area contributed by atoms with Gasteiger partial charge in [0.15, 0.2) is 11.4 Å². The maximum absolute atomic E-state index is 12.7. The van der Waals surface area contributed by atoms with Gasteiger partial charge in [0.25, 0.3) is 0 Å². The van der Waals surface area contributed by atoms with E-state index in [0.29, 0.717) is 34.4 Å². The molecule has 0 aliphatic rings. The Labute approximate surface area is 182 Å². The first-order valence-electron chi connectivity index (χ1n) is 10.2. The molecule has 0 spiro atoms. The lowest BCUT2D eigenvalue weighted by atomic mass is 9.95. The molecule has 2 heterocycles. The number of halogens is 2. The van der Waals surface area contributed by atoms with Crippen LogP contribution in [0.4, 0.5) is 0 Å². The Kier molecular flexibility index (Phi) is 7.31. The molecular weight excluding hydrogens is 405 g/mol. The van der Waals surface area contributed by atoms with Crippen LogP contribution in [0.2, 0.25) is 10.0 Å². The van der Waals surface area contributed by atoms with Crippen molar-refractivity contribution in [3.05, 3.63) is 57.5 Å². The van der Waals surface area contributed by atoms with Crippen molar-refractivity contribution in [2.45, 2.75) is 52.4 Å². The van der Waals surface area contributed by atoms with Gasteiger partial charge in [0.2, 0.25) is 0 Å². The number of carbonyl (C=O) groups excluding carboxylic acids is 1. The molecule has 0 unspecified atom stereocenters. The topological polar surface area (TPSA) is 47.8 Å². The van der Waals surface area contributed by atoms with Crippen molar-refractivity contribution >= 4 is 40.1 Å². The van der Waals surface area contributed by atoms with Crippen LogP contribution in [-0.2, 0) is 13.5 Å². The molecule has 0 radical (unpaired) electrons. The molecule has 3 rings (SSSR count). The smallest absolute Gasteiger partial charge is 0.164 e. The number of hydrogen-bond acceptors (Lipinski definition) is 3. The normalized spacial score (nSPS) is 12.4. The number of pyridine rings is 1. The van der Waals surface area contributed by atoms with E-state index in [-0.39, 0.29) is 5.78 Å². The van der Waals surface area contributed by atoms with E-state index in [1.165, 1.54) is 19.3 Å². The van der Waals surface area contributed by atoms with E-state index in [1.807, 2.05) is 35.9 Å². The zero-order valence-electron chi connectivity index (χ0n) is 17.2. The zero-order chi connectivity index (χ0) is 21.0. The summed E-state index contributed by atoms with van der Waals surface area (Å²) in [7, 11) is 1.92. The highest BCUT2D eigenvalue weighted by Crippen LogP contribution is 2.27. The van der Waals surface area contributed by atoms with Crippen LogP contribution in [0.3, 0.4) is 0 Å². The Bertz CT molecular complexity index is 993. The second-order valence-electron chi connectivity index (χ2n) is 7.76. The van der Waals surface area contributed by atoms with E-state index in [9.17, 15) is 4.79 Å². The van der Waals surface area contributed by atoms with Crippen LogP contribution in [-0.4, -0.2) is 20.3 Å². The van der Waals surface area contributed by atoms with Crippen LogP contribution in [0.15, 0.2) is 30.5 Å². The molecule has 6 heteroatoms. The predicted octanol–water partition coefficient (Wildman–Crippen LogP) is 6.66. The fraction of sp³-hybridized carbons (Fsp3) is 0.435. The average Bonchev–Trinajstić information content (AvgIpc) is 3.00. The number of nitrogens with zero attached hydrogens (tertiary/aromatic N) is 3. The fourth-order valence-corrected chi connectivity index (χ4v) is 4.10. The number of aryl methyl sites for hydroxylation is 1. The fourth-order valence-electron chi connectivity index (χ4n) is 3.57. The molecule has 0 fully saturated rings. The summed E-state index contributed by atoms with van der Waals surface area (Å²) in [5, 5.41) is 1.23. The maximum Gasteiger partial charge on any atom is 0.164 e. The van der Waals surface area contributed by atoms with E-state index in [2.05, 4.69) is 18.8 Å². The lowest BCUT2D eigenvalue weighted by Gasteiger charge is -2.10. The highest BCUT2D eigenvalue weighted by Gasteiger charge is 2.17. The molecule has 154 valence electrons. The summed E-state index contributed by atoms with van der Waals surface area (Å²) in [5.41, 5.74) is 2.93. The average molecular weight is 432 g/mol. The molecule has 1 aromatic carbocycles. The second kappa shape index (κ2) is 9.73. The van der Waals surface area contributed by atoms with E-state index in [4.69, 9.17) is 28.2 Å². The van der Waals surface area contributed by atoms with Gasteiger partial charge >= 0.3 is 0 Å². The monoisotopic (exact) mass is 431 g/mol. The van der Waals surface area contributed by atoms with Gasteiger partial charge in [-0.15, -0.1) is 0 Å². The molecule has 1 atom stereocenters. The number of Topliss-reactive ketones (excluding diaryl/α,β-unsaturated/α-hetero) is 1. The molecule has 0 aliphatic carbocycles. The van der Waals surface area contributed by atoms with E-state index in [1.54, 1.807) is 6.20 Å². The van der Waals surface area contributed by atoms with E-state index >= 15 is 0 Å². The Hall–Kier alpha value is -1.91. The maximum atomic E-state index is 12.7. The van der Waals surface area contributed by atoms with Gasteiger partial charge in [-0.25, -0.2) is 9.97 Å². The van der Waals surface area contributed by atoms with Crippen LogP contribution < -0.4 is 0 Å². The van der Waals surface area contributed by atoms with Gasteiger partial charge in [-0.1, -0.05) is 68.8 Å². The first-order chi connectivity index (χ1) is 13.9. The van der Waals surface area contributed by atoms with E-state index < -0.39 is 0 Å². The van der Waals surface area contributed by atoms with E-state index in [0.717, 1.165) is 29.0 Å². The lowest BCUT2D eigenvalue weighted by Crippen LogP contribution is -2.07. The number of carbonyl (C=O) groups is 1. The molecule has 2 aromatic heterocycles. The first kappa shape index (κ1) is 21.8. The molecule has 0 saturated carbocycles. The Morgan fingerprint density at radius 1 is 1.21 bits per heavy atom. The molecule has 0 amide bonds. The minimum atomic E-state index is 0.129. The van der Waals surface area contributed by atoms with Gasteiger partial charge in [0.1, 0.15) is 11.3 Å². The SMILES string of the molecule is CCCCC[C@H](C)CC(=O)c1cnc2c(c1)nc(Cc1c(Cl)cccc1Cl)n2C. The molecule has 0 saturated heterocycles. The lowest BCUT2D eigenvalue weighted by molar-refractivity contribution is 0.0962. The quantitative estimate of drug-likeness (QED) is 0.281. The van der Waals surface area contributed by atoms with Crippen LogP contribution in [0, 0.1) is 5.92 Å². The molecule has 29 heavy (non-hydrogen) atoms. The van der Waals surface area contributed by atoms with Gasteiger partial charge in [0.05, 0.1) is 0 Å². The third-order valence-corrected chi connectivity index (χ3v) is 6.06. The highest BCUT2D eigenvalue weighted by molar-refractivity contribution is 6.36. The van der Waals surface area contributed by atoms with Crippen molar-refractivity contribution in [3.63, 3.8) is 0 Å². The summed E-state index contributed by atoms with van der Waals surface area (Å²) in [4.78, 5) is 21.9. The molecule has 0 aliphatic heterocycles. The zero-order valence-corrected chi connectivity index (χ0v) is 18.7. The summed E-state index contributed by atoms with van der Waals surface area (Å²) in [5.74, 6) is 1.32. The number of imidazole rings is 1. The van der Waals surface area contributed by atoms with Crippen molar-refractivity contribution in [2.24, 2.45) is 13.0 Å². The minimum absolute atomic E-state index is 0.129. The van der Waals surface area contributed by atoms with Crippen molar-refractivity contribution in [1.82, 2.24) is 14.5 Å². The standard InChI is InChI=1S/C23H27Cl2N3O/c1-4-5-6-8-15(2)11-21(29)16-12-20-23(26-14-16)28(3)22(27-20)13-17-18(24)9-7-10-19(17)25/h7,9-10,12,14-15H,4-6,8,11,13H2,1-3H3/t15-/m0/s1. The molecule has 3 aromatic rings. The van der Waals surface area contributed by atoms with Crippen LogP contribution in [0.5, 0.6) is 0 Å². The minimum Gasteiger partial charge on any atom is -0.316 e. The Balaban J connectivity index is 1.79. The van der Waals surface area contributed by atoms with Crippen LogP contribution >= 0.6 is 23.2 Å². The molecule has 4 nitrogen and oxygen atoms in total. The van der Waals surface area contributed by atoms with Gasteiger partial charge in [-0.3, -0.25) is 4.79 Å². The highest BCUT2D eigenvalue weighted by atomic mass is 35.5. The largest absolute Gasteiger partial charge is 0.316 e. The number of fused-ring (bicyclic) bond motifs is 1. The van der Waals surface area contributed by atoms with Gasteiger partial charge in [0, 0.05) is 41.7 Å². The van der Waals surface area contributed by atoms with Crippen molar-refractivity contribution in [1.29, 1.82) is 0 Å². The van der Waals surface area contributed by atoms with Gasteiger partial charge < -0.3 is 4.57 Å².